The summed E-state index contributed by atoms with van der Waals surface area (Å²) < 4.78 is 27.4. The molecule has 0 aromatic heterocycles. The first-order chi connectivity index (χ1) is 10.7. The van der Waals surface area contributed by atoms with Gasteiger partial charge in [-0.25, -0.2) is 8.78 Å². The van der Waals surface area contributed by atoms with Gasteiger partial charge in [0.1, 0.15) is 11.6 Å². The average molecular weight is 296 g/mol. The second kappa shape index (κ2) is 6.32. The predicted octanol–water partition coefficient (Wildman–Crippen LogP) is 4.88. The number of hydrogen-bond donors (Lipinski definition) is 0. The molecule has 0 saturated heterocycles. The summed E-state index contributed by atoms with van der Waals surface area (Å²) in [5, 5.41) is 0. The Kier molecular flexibility index (Phi) is 4.24. The minimum atomic E-state index is -0.295. The molecule has 1 aliphatic rings. The summed E-state index contributed by atoms with van der Waals surface area (Å²) in [5.41, 5.74) is 3.07. The molecule has 0 spiro atoms. The van der Waals surface area contributed by atoms with Crippen LogP contribution in [0.25, 0.3) is 0 Å². The van der Waals surface area contributed by atoms with Crippen LogP contribution in [0.3, 0.4) is 0 Å². The van der Waals surface area contributed by atoms with Gasteiger partial charge in [0.2, 0.25) is 0 Å². The predicted molar refractivity (Wildman–Crippen MR) is 84.6 cm³/mol. The molecule has 22 heavy (non-hydrogen) atoms. The van der Waals surface area contributed by atoms with Crippen molar-refractivity contribution in [2.24, 2.45) is 5.92 Å². The second-order valence-electron chi connectivity index (χ2n) is 5.84. The van der Waals surface area contributed by atoms with Crippen molar-refractivity contribution in [3.63, 3.8) is 0 Å². The van der Waals surface area contributed by atoms with Crippen LogP contribution in [0.5, 0.6) is 0 Å². The van der Waals surface area contributed by atoms with E-state index in [1.54, 1.807) is 18.2 Å². The van der Waals surface area contributed by atoms with Gasteiger partial charge in [-0.1, -0.05) is 31.3 Å². The van der Waals surface area contributed by atoms with Crippen molar-refractivity contribution in [1.29, 1.82) is 0 Å². The van der Waals surface area contributed by atoms with E-state index in [2.05, 4.69) is 18.8 Å². The Morgan fingerprint density at radius 2 is 1.82 bits per heavy atom. The fourth-order valence-electron chi connectivity index (χ4n) is 3.00. The summed E-state index contributed by atoms with van der Waals surface area (Å²) >= 11 is 0. The maximum Gasteiger partial charge on any atom is 0.142 e. The van der Waals surface area contributed by atoms with E-state index in [0.29, 0.717) is 17.0 Å². The van der Waals surface area contributed by atoms with Crippen LogP contribution < -0.4 is 0 Å². The lowest BCUT2D eigenvalue weighted by Gasteiger charge is -2.24. The molecule has 1 aliphatic carbocycles. The third-order valence-corrected chi connectivity index (χ3v) is 4.41. The van der Waals surface area contributed by atoms with Crippen LogP contribution in [0.1, 0.15) is 42.0 Å². The molecule has 2 heteroatoms. The van der Waals surface area contributed by atoms with Gasteiger partial charge in [0.05, 0.1) is 5.56 Å². The van der Waals surface area contributed by atoms with Crippen LogP contribution >= 0.6 is 0 Å². The quantitative estimate of drug-likeness (QED) is 0.658. The fraction of sp³-hybridized carbons (Fsp3) is 0.300. The van der Waals surface area contributed by atoms with E-state index in [0.717, 1.165) is 36.8 Å². The van der Waals surface area contributed by atoms with Crippen molar-refractivity contribution in [1.82, 2.24) is 0 Å². The first kappa shape index (κ1) is 14.8. The topological polar surface area (TPSA) is 0 Å². The fourth-order valence-corrected chi connectivity index (χ4v) is 3.00. The molecular weight excluding hydrogens is 278 g/mol. The Hall–Kier alpha value is -2.14. The zero-order valence-corrected chi connectivity index (χ0v) is 12.6. The van der Waals surface area contributed by atoms with Gasteiger partial charge in [0.15, 0.2) is 0 Å². The van der Waals surface area contributed by atoms with Crippen LogP contribution in [-0.2, 0) is 12.8 Å². The number of fused-ring (bicyclic) bond motifs is 1. The third-order valence-electron chi connectivity index (χ3n) is 4.41. The van der Waals surface area contributed by atoms with Crippen LogP contribution in [-0.4, -0.2) is 0 Å². The van der Waals surface area contributed by atoms with Crippen LogP contribution in [0.2, 0.25) is 0 Å². The van der Waals surface area contributed by atoms with Crippen LogP contribution in [0.15, 0.2) is 36.4 Å². The van der Waals surface area contributed by atoms with E-state index >= 15 is 0 Å². The molecule has 0 bridgehead atoms. The Morgan fingerprint density at radius 1 is 1.05 bits per heavy atom. The van der Waals surface area contributed by atoms with Gasteiger partial charge in [0, 0.05) is 5.56 Å². The normalized spacial score (nSPS) is 16.6. The molecule has 0 heterocycles. The zero-order chi connectivity index (χ0) is 15.5. The van der Waals surface area contributed by atoms with Crippen molar-refractivity contribution in [3.8, 4) is 11.8 Å². The molecule has 1 unspecified atom stereocenters. The van der Waals surface area contributed by atoms with E-state index in [4.69, 9.17) is 0 Å². The summed E-state index contributed by atoms with van der Waals surface area (Å²) in [6.07, 6.45) is 3.96. The first-order valence-corrected chi connectivity index (χ1v) is 7.75. The van der Waals surface area contributed by atoms with Gasteiger partial charge in [-0.05, 0) is 66.6 Å². The summed E-state index contributed by atoms with van der Waals surface area (Å²) in [5.74, 6) is 5.97. The molecule has 0 aliphatic heterocycles. The van der Waals surface area contributed by atoms with Gasteiger partial charge in [0.25, 0.3) is 0 Å². The molecule has 2 aromatic carbocycles. The number of halogens is 2. The number of benzene rings is 2. The summed E-state index contributed by atoms with van der Waals surface area (Å²) in [6, 6.07) is 9.70. The van der Waals surface area contributed by atoms with Crippen LogP contribution in [0, 0.1) is 29.4 Å². The van der Waals surface area contributed by atoms with Gasteiger partial charge in [-0.3, -0.25) is 0 Å². The summed E-state index contributed by atoms with van der Waals surface area (Å²) in [4.78, 5) is 0. The van der Waals surface area contributed by atoms with Crippen molar-refractivity contribution >= 4 is 0 Å². The molecule has 0 N–H and O–H groups in total. The molecule has 0 fully saturated rings. The van der Waals surface area contributed by atoms with Crippen LogP contribution in [0.4, 0.5) is 8.78 Å². The Balaban J connectivity index is 1.89. The molecule has 1 atom stereocenters. The van der Waals surface area contributed by atoms with E-state index in [9.17, 15) is 8.78 Å². The summed E-state index contributed by atoms with van der Waals surface area (Å²) in [6.45, 7) is 2.19. The number of rotatable bonds is 1. The Morgan fingerprint density at radius 3 is 2.55 bits per heavy atom. The lowest BCUT2D eigenvalue weighted by atomic mass is 9.81. The molecule has 2 aromatic rings. The van der Waals surface area contributed by atoms with Gasteiger partial charge >= 0.3 is 0 Å². The van der Waals surface area contributed by atoms with E-state index < -0.39 is 0 Å². The van der Waals surface area contributed by atoms with Gasteiger partial charge in [-0.2, -0.15) is 0 Å². The monoisotopic (exact) mass is 296 g/mol. The highest BCUT2D eigenvalue weighted by Gasteiger charge is 2.21. The van der Waals surface area contributed by atoms with Crippen molar-refractivity contribution < 1.29 is 8.78 Å². The van der Waals surface area contributed by atoms with Crippen molar-refractivity contribution in [3.05, 3.63) is 70.3 Å². The zero-order valence-electron chi connectivity index (χ0n) is 12.6. The van der Waals surface area contributed by atoms with Gasteiger partial charge < -0.3 is 0 Å². The molecule has 0 saturated carbocycles. The average Bonchev–Trinajstić information content (AvgIpc) is 2.55. The van der Waals surface area contributed by atoms with Crippen molar-refractivity contribution in [2.75, 3.05) is 0 Å². The Labute approximate surface area is 130 Å². The number of hydrogen-bond acceptors (Lipinski definition) is 0. The third kappa shape index (κ3) is 3.04. The Bertz CT molecular complexity index is 733. The SMILES string of the molecule is CCC1CCc2c(ccc(C#Cc3ccc(F)cc3)c2F)C1. The summed E-state index contributed by atoms with van der Waals surface area (Å²) in [7, 11) is 0. The molecular formula is C20H18F2. The minimum Gasteiger partial charge on any atom is -0.207 e. The highest BCUT2D eigenvalue weighted by molar-refractivity contribution is 5.47. The maximum atomic E-state index is 14.6. The highest BCUT2D eigenvalue weighted by atomic mass is 19.1. The highest BCUT2D eigenvalue weighted by Crippen LogP contribution is 2.30. The molecule has 3 rings (SSSR count). The molecule has 0 amide bonds. The molecule has 0 nitrogen and oxygen atoms in total. The van der Waals surface area contributed by atoms with Crippen molar-refractivity contribution in [2.45, 2.75) is 32.6 Å². The largest absolute Gasteiger partial charge is 0.207 e. The molecule has 112 valence electrons. The van der Waals surface area contributed by atoms with E-state index in [1.807, 2.05) is 6.07 Å². The standard InChI is InChI=1S/C20H18F2/c1-2-14-6-12-19-17(13-14)9-8-16(20(19)22)7-3-15-4-10-18(21)11-5-15/h4-5,8-11,14H,2,6,12-13H2,1H3. The lowest BCUT2D eigenvalue weighted by Crippen LogP contribution is -2.15. The van der Waals surface area contributed by atoms with E-state index in [1.165, 1.54) is 12.1 Å². The second-order valence-corrected chi connectivity index (χ2v) is 5.84. The molecule has 0 radical (unpaired) electrons. The maximum absolute atomic E-state index is 14.6. The lowest BCUT2D eigenvalue weighted by molar-refractivity contribution is 0.434. The van der Waals surface area contributed by atoms with Gasteiger partial charge in [-0.15, -0.1) is 0 Å². The minimum absolute atomic E-state index is 0.179. The first-order valence-electron chi connectivity index (χ1n) is 7.75. The smallest absolute Gasteiger partial charge is 0.142 e. The van der Waals surface area contributed by atoms with E-state index in [-0.39, 0.29) is 11.6 Å².